The second-order valence-corrected chi connectivity index (χ2v) is 8.55. The van der Waals surface area contributed by atoms with Gasteiger partial charge in [0.1, 0.15) is 23.0 Å². The van der Waals surface area contributed by atoms with Crippen LogP contribution in [0.3, 0.4) is 0 Å². The van der Waals surface area contributed by atoms with Gasteiger partial charge in [0.25, 0.3) is 0 Å². The monoisotopic (exact) mass is 473 g/mol. The lowest BCUT2D eigenvalue weighted by molar-refractivity contribution is 0.374. The number of methoxy groups -OCH3 is 3. The molecule has 12 heteroatoms. The van der Waals surface area contributed by atoms with Crippen LogP contribution in [0.5, 0.6) is 17.2 Å². The number of nitrogens with one attached hydrogen (secondary N) is 2. The van der Waals surface area contributed by atoms with Gasteiger partial charge in [-0.05, 0) is 24.6 Å². The molecule has 0 saturated heterocycles. The topological polar surface area (TPSA) is 155 Å². The lowest BCUT2D eigenvalue weighted by Crippen LogP contribution is -2.15. The van der Waals surface area contributed by atoms with Crippen molar-refractivity contribution in [3.05, 3.63) is 36.0 Å². The van der Waals surface area contributed by atoms with Crippen molar-refractivity contribution < 1.29 is 27.2 Å². The molecule has 0 saturated carbocycles. The van der Waals surface area contributed by atoms with E-state index in [2.05, 4.69) is 20.7 Å². The summed E-state index contributed by atoms with van der Waals surface area (Å²) in [5.41, 5.74) is 2.71. The van der Waals surface area contributed by atoms with Gasteiger partial charge in [0.2, 0.25) is 10.0 Å². The number of nitrogens with two attached hydrogens (primary N) is 1. The van der Waals surface area contributed by atoms with Gasteiger partial charge in [-0.15, -0.1) is 0 Å². The molecule has 0 unspecified atom stereocenters. The molecule has 0 radical (unpaired) electrons. The Balaban J connectivity index is 1.86. The highest BCUT2D eigenvalue weighted by atomic mass is 32.2. The summed E-state index contributed by atoms with van der Waals surface area (Å²) >= 11 is 0. The molecule has 4 rings (SSSR count). The van der Waals surface area contributed by atoms with Gasteiger partial charge in [-0.3, -0.25) is 5.10 Å². The minimum absolute atomic E-state index is 0.00206. The standard InChI is InChI=1S/C21H23N5O6S/c1-5-11-8-18(25-24-11)23-14-10-16-13(9-17(14)30-3)19(26-32-16)12-6-7-15(29-2)21(20(12)31-4)33(22,27)28/h6-10H,5H2,1-4H3,(H2,22,27,28)(H2,23,24,25). The van der Waals surface area contributed by atoms with Crippen molar-refractivity contribution in [2.75, 3.05) is 26.6 Å². The average Bonchev–Trinajstić information content (AvgIpc) is 3.43. The summed E-state index contributed by atoms with van der Waals surface area (Å²) in [6, 6.07) is 8.47. The Hall–Kier alpha value is -3.77. The minimum atomic E-state index is -4.16. The second kappa shape index (κ2) is 8.64. The van der Waals surface area contributed by atoms with Crippen LogP contribution >= 0.6 is 0 Å². The number of ether oxygens (including phenoxy) is 3. The normalized spacial score (nSPS) is 11.5. The fourth-order valence-electron chi connectivity index (χ4n) is 3.54. The molecule has 0 bridgehead atoms. The third-order valence-electron chi connectivity index (χ3n) is 5.09. The van der Waals surface area contributed by atoms with Gasteiger partial charge >= 0.3 is 0 Å². The van der Waals surface area contributed by atoms with E-state index in [4.69, 9.17) is 23.9 Å². The number of hydrogen-bond acceptors (Lipinski definition) is 9. The fraction of sp³-hybridized carbons (Fsp3) is 0.238. The average molecular weight is 474 g/mol. The summed E-state index contributed by atoms with van der Waals surface area (Å²) in [6.07, 6.45) is 0.796. The Morgan fingerprint density at radius 3 is 2.45 bits per heavy atom. The maximum atomic E-state index is 12.3. The maximum Gasteiger partial charge on any atom is 0.245 e. The Labute approximate surface area is 189 Å². The van der Waals surface area contributed by atoms with Crippen molar-refractivity contribution in [2.24, 2.45) is 5.14 Å². The predicted octanol–water partition coefficient (Wildman–Crippen LogP) is 3.20. The Kier molecular flexibility index (Phi) is 5.87. The number of aryl methyl sites for hydroxylation is 1. The SMILES string of the molecule is CCc1cc(Nc2cc3onc(-c4ccc(OC)c(S(N)(=O)=O)c4OC)c3cc2OC)[nH]n1. The molecule has 2 aromatic heterocycles. The van der Waals surface area contributed by atoms with Crippen molar-refractivity contribution in [1.29, 1.82) is 0 Å². The first kappa shape index (κ1) is 22.4. The number of aromatic amines is 1. The lowest BCUT2D eigenvalue weighted by Gasteiger charge is -2.14. The first-order chi connectivity index (χ1) is 15.8. The van der Waals surface area contributed by atoms with Crippen molar-refractivity contribution >= 4 is 32.5 Å². The lowest BCUT2D eigenvalue weighted by atomic mass is 10.1. The molecule has 0 aliphatic heterocycles. The molecule has 0 aliphatic rings. The molecular weight excluding hydrogens is 450 g/mol. The number of nitrogens with zero attached hydrogens (tertiary/aromatic N) is 2. The van der Waals surface area contributed by atoms with Crippen molar-refractivity contribution in [2.45, 2.75) is 18.2 Å². The van der Waals surface area contributed by atoms with Crippen molar-refractivity contribution in [1.82, 2.24) is 15.4 Å². The van der Waals surface area contributed by atoms with Gasteiger partial charge in [0.15, 0.2) is 16.2 Å². The molecule has 11 nitrogen and oxygen atoms in total. The largest absolute Gasteiger partial charge is 0.495 e. The van der Waals surface area contributed by atoms with Gasteiger partial charge < -0.3 is 24.1 Å². The van der Waals surface area contributed by atoms with Crippen LogP contribution in [0.2, 0.25) is 0 Å². The Morgan fingerprint density at radius 1 is 1.09 bits per heavy atom. The number of sulfonamides is 1. The molecule has 0 aliphatic carbocycles. The van der Waals surface area contributed by atoms with E-state index in [1.54, 1.807) is 18.2 Å². The highest BCUT2D eigenvalue weighted by Crippen LogP contribution is 2.44. The molecule has 33 heavy (non-hydrogen) atoms. The van der Waals surface area contributed by atoms with Crippen LogP contribution in [0.25, 0.3) is 22.2 Å². The van der Waals surface area contributed by atoms with E-state index < -0.39 is 10.0 Å². The quantitative estimate of drug-likeness (QED) is 0.350. The van der Waals surface area contributed by atoms with Crippen LogP contribution in [0.1, 0.15) is 12.6 Å². The van der Waals surface area contributed by atoms with Crippen LogP contribution in [-0.4, -0.2) is 45.1 Å². The van der Waals surface area contributed by atoms with Gasteiger partial charge in [-0.1, -0.05) is 12.1 Å². The van der Waals surface area contributed by atoms with E-state index in [0.717, 1.165) is 12.1 Å². The number of anilines is 2. The van der Waals surface area contributed by atoms with E-state index >= 15 is 0 Å². The third kappa shape index (κ3) is 4.05. The van der Waals surface area contributed by atoms with Crippen molar-refractivity contribution in [3.63, 3.8) is 0 Å². The van der Waals surface area contributed by atoms with Crippen LogP contribution in [0, 0.1) is 0 Å². The summed E-state index contributed by atoms with van der Waals surface area (Å²) in [6.45, 7) is 2.01. The van der Waals surface area contributed by atoms with Gasteiger partial charge in [0.05, 0.1) is 38.1 Å². The van der Waals surface area contributed by atoms with Crippen LogP contribution in [-0.2, 0) is 16.4 Å². The highest BCUT2D eigenvalue weighted by molar-refractivity contribution is 7.89. The molecule has 2 aromatic carbocycles. The van der Waals surface area contributed by atoms with E-state index in [-0.39, 0.29) is 16.4 Å². The first-order valence-corrected chi connectivity index (χ1v) is 11.4. The summed E-state index contributed by atoms with van der Waals surface area (Å²) < 4.78 is 46.2. The molecule has 0 spiro atoms. The molecule has 4 N–H and O–H groups in total. The number of hydrogen-bond donors (Lipinski definition) is 3. The molecule has 0 fully saturated rings. The molecule has 4 aromatic rings. The Bertz CT molecular complexity index is 1430. The highest BCUT2D eigenvalue weighted by Gasteiger charge is 2.27. The number of fused-ring (bicyclic) bond motifs is 1. The minimum Gasteiger partial charge on any atom is -0.495 e. The number of rotatable bonds is 8. The molecule has 2 heterocycles. The number of H-pyrrole nitrogens is 1. The second-order valence-electron chi connectivity index (χ2n) is 7.05. The van der Waals surface area contributed by atoms with Crippen molar-refractivity contribution in [3.8, 4) is 28.5 Å². The van der Waals surface area contributed by atoms with Gasteiger partial charge in [-0.2, -0.15) is 5.10 Å². The van der Waals surface area contributed by atoms with E-state index in [0.29, 0.717) is 39.5 Å². The first-order valence-electron chi connectivity index (χ1n) is 9.87. The van der Waals surface area contributed by atoms with E-state index in [1.165, 1.54) is 27.4 Å². The Morgan fingerprint density at radius 2 is 1.85 bits per heavy atom. The predicted molar refractivity (Wildman–Crippen MR) is 122 cm³/mol. The van der Waals surface area contributed by atoms with Crippen LogP contribution < -0.4 is 24.7 Å². The molecule has 0 atom stereocenters. The molecular formula is C21H23N5O6S. The molecule has 174 valence electrons. The summed E-state index contributed by atoms with van der Waals surface area (Å²) in [7, 11) is 0.0611. The van der Waals surface area contributed by atoms with Crippen LogP contribution in [0.15, 0.2) is 39.8 Å². The zero-order valence-electron chi connectivity index (χ0n) is 18.4. The number of primary sulfonamides is 1. The summed E-state index contributed by atoms with van der Waals surface area (Å²) in [4.78, 5) is -0.280. The smallest absolute Gasteiger partial charge is 0.245 e. The zero-order valence-corrected chi connectivity index (χ0v) is 19.2. The van der Waals surface area contributed by atoms with Gasteiger partial charge in [-0.25, -0.2) is 13.6 Å². The van der Waals surface area contributed by atoms with E-state index in [1.807, 2.05) is 13.0 Å². The zero-order chi connectivity index (χ0) is 23.8. The van der Waals surface area contributed by atoms with Gasteiger partial charge in [0, 0.05) is 17.7 Å². The fourth-order valence-corrected chi connectivity index (χ4v) is 4.43. The van der Waals surface area contributed by atoms with E-state index in [9.17, 15) is 8.42 Å². The molecule has 0 amide bonds. The summed E-state index contributed by atoms with van der Waals surface area (Å²) in [5, 5.41) is 20.5. The number of aromatic nitrogens is 3. The maximum absolute atomic E-state index is 12.3. The third-order valence-corrected chi connectivity index (χ3v) is 6.05. The number of benzene rings is 2. The van der Waals surface area contributed by atoms with Crippen LogP contribution in [0.4, 0.5) is 11.5 Å². The summed E-state index contributed by atoms with van der Waals surface area (Å²) in [5.74, 6) is 1.26.